The monoisotopic (exact) mass is 299 g/mol. The van der Waals surface area contributed by atoms with E-state index >= 15 is 0 Å². The number of anilines is 1. The van der Waals surface area contributed by atoms with Crippen molar-refractivity contribution in [3.05, 3.63) is 36.3 Å². The average Bonchev–Trinajstić information content (AvgIpc) is 3.12. The number of nitrogens with zero attached hydrogens (tertiary/aromatic N) is 4. The fourth-order valence-electron chi connectivity index (χ4n) is 3.02. The summed E-state index contributed by atoms with van der Waals surface area (Å²) < 4.78 is 8.06. The van der Waals surface area contributed by atoms with Gasteiger partial charge in [0.2, 0.25) is 0 Å². The third-order valence-electron chi connectivity index (χ3n) is 4.38. The molecule has 3 heterocycles. The summed E-state index contributed by atoms with van der Waals surface area (Å²) in [6.45, 7) is 3.77. The molecule has 2 atom stereocenters. The van der Waals surface area contributed by atoms with Gasteiger partial charge in [-0.25, -0.2) is 15.0 Å². The van der Waals surface area contributed by atoms with E-state index in [2.05, 4.69) is 31.8 Å². The highest BCUT2D eigenvalue weighted by Crippen LogP contribution is 2.38. The summed E-state index contributed by atoms with van der Waals surface area (Å²) in [6.07, 6.45) is 9.07. The number of rotatable bonds is 5. The molecule has 116 valence electrons. The van der Waals surface area contributed by atoms with Gasteiger partial charge in [-0.05, 0) is 32.3 Å². The Bertz CT molecular complexity index is 651. The van der Waals surface area contributed by atoms with Crippen LogP contribution in [0, 0.1) is 0 Å². The Balaban J connectivity index is 1.53. The minimum absolute atomic E-state index is 0.0192. The SMILES string of the molecule is CCn1ccnc1[C@H]1OCC[C@@H]1Nc1ccnc(C2CC2)n1. The Morgan fingerprint density at radius 1 is 1.27 bits per heavy atom. The van der Waals surface area contributed by atoms with Crippen molar-refractivity contribution in [2.75, 3.05) is 11.9 Å². The molecule has 4 rings (SSSR count). The molecule has 0 spiro atoms. The number of hydrogen-bond donors (Lipinski definition) is 1. The van der Waals surface area contributed by atoms with Crippen molar-refractivity contribution in [3.8, 4) is 0 Å². The van der Waals surface area contributed by atoms with Crippen molar-refractivity contribution in [3.63, 3.8) is 0 Å². The Labute approximate surface area is 130 Å². The zero-order valence-electron chi connectivity index (χ0n) is 12.8. The van der Waals surface area contributed by atoms with Crippen LogP contribution in [0.3, 0.4) is 0 Å². The van der Waals surface area contributed by atoms with E-state index in [0.29, 0.717) is 5.92 Å². The fraction of sp³-hybridized carbons (Fsp3) is 0.562. The van der Waals surface area contributed by atoms with Crippen LogP contribution in [-0.2, 0) is 11.3 Å². The number of hydrogen-bond acceptors (Lipinski definition) is 5. The standard InChI is InChI=1S/C16H21N5O/c1-2-21-9-8-18-16(21)14-12(6-10-22-14)19-13-5-7-17-15(20-13)11-3-4-11/h5,7-9,11-12,14H,2-4,6,10H2,1H3,(H,17,19,20)/t12-,14-/m0/s1. The number of imidazole rings is 1. The van der Waals surface area contributed by atoms with Crippen LogP contribution in [0.2, 0.25) is 0 Å². The van der Waals surface area contributed by atoms with Gasteiger partial charge in [0.05, 0.1) is 6.04 Å². The number of ether oxygens (including phenoxy) is 1. The third-order valence-corrected chi connectivity index (χ3v) is 4.38. The molecule has 0 radical (unpaired) electrons. The van der Waals surface area contributed by atoms with Crippen LogP contribution < -0.4 is 5.32 Å². The van der Waals surface area contributed by atoms with Crippen molar-refractivity contribution in [2.24, 2.45) is 0 Å². The smallest absolute Gasteiger partial charge is 0.140 e. The van der Waals surface area contributed by atoms with Crippen molar-refractivity contribution in [1.29, 1.82) is 0 Å². The second-order valence-electron chi connectivity index (χ2n) is 5.98. The zero-order chi connectivity index (χ0) is 14.9. The first kappa shape index (κ1) is 13.7. The molecular formula is C16H21N5O. The quantitative estimate of drug-likeness (QED) is 0.919. The Morgan fingerprint density at radius 2 is 2.18 bits per heavy atom. The second-order valence-corrected chi connectivity index (χ2v) is 5.98. The maximum atomic E-state index is 5.93. The summed E-state index contributed by atoms with van der Waals surface area (Å²) in [5.74, 6) is 3.42. The normalized spacial score (nSPS) is 24.6. The summed E-state index contributed by atoms with van der Waals surface area (Å²) in [6, 6.07) is 2.14. The minimum atomic E-state index is -0.0192. The van der Waals surface area contributed by atoms with E-state index in [1.807, 2.05) is 24.7 Å². The van der Waals surface area contributed by atoms with Gasteiger partial charge in [-0.3, -0.25) is 0 Å². The highest BCUT2D eigenvalue weighted by molar-refractivity contribution is 5.36. The second kappa shape index (κ2) is 5.68. The first-order chi connectivity index (χ1) is 10.8. The molecule has 6 nitrogen and oxygen atoms in total. The lowest BCUT2D eigenvalue weighted by Crippen LogP contribution is -2.26. The molecule has 22 heavy (non-hydrogen) atoms. The largest absolute Gasteiger partial charge is 0.368 e. The van der Waals surface area contributed by atoms with Crippen LogP contribution in [-0.4, -0.2) is 32.2 Å². The predicted molar refractivity (Wildman–Crippen MR) is 82.6 cm³/mol. The van der Waals surface area contributed by atoms with Crippen molar-refractivity contribution < 1.29 is 4.74 Å². The van der Waals surface area contributed by atoms with E-state index in [9.17, 15) is 0 Å². The summed E-state index contributed by atoms with van der Waals surface area (Å²) >= 11 is 0. The average molecular weight is 299 g/mol. The van der Waals surface area contributed by atoms with Crippen LogP contribution in [0.1, 0.15) is 49.9 Å². The van der Waals surface area contributed by atoms with Gasteiger partial charge in [-0.2, -0.15) is 0 Å². The van der Waals surface area contributed by atoms with Gasteiger partial charge in [0.15, 0.2) is 0 Å². The van der Waals surface area contributed by atoms with Gasteiger partial charge in [-0.15, -0.1) is 0 Å². The molecule has 0 aromatic carbocycles. The number of nitrogens with one attached hydrogen (secondary N) is 1. The number of aromatic nitrogens is 4. The minimum Gasteiger partial charge on any atom is -0.368 e. The van der Waals surface area contributed by atoms with E-state index < -0.39 is 0 Å². The third kappa shape index (κ3) is 2.59. The molecule has 1 aliphatic heterocycles. The summed E-state index contributed by atoms with van der Waals surface area (Å²) in [5, 5.41) is 3.52. The molecule has 0 bridgehead atoms. The van der Waals surface area contributed by atoms with Gasteiger partial charge in [0, 0.05) is 37.7 Å². The van der Waals surface area contributed by atoms with Gasteiger partial charge in [-0.1, -0.05) is 0 Å². The van der Waals surface area contributed by atoms with Crippen LogP contribution in [0.4, 0.5) is 5.82 Å². The predicted octanol–water partition coefficient (Wildman–Crippen LogP) is 2.51. The maximum Gasteiger partial charge on any atom is 0.140 e. The molecule has 1 saturated heterocycles. The maximum absolute atomic E-state index is 5.93. The molecule has 2 aliphatic rings. The Hall–Kier alpha value is -1.95. The molecular weight excluding hydrogens is 278 g/mol. The van der Waals surface area contributed by atoms with Crippen molar-refractivity contribution >= 4 is 5.82 Å². The lowest BCUT2D eigenvalue weighted by molar-refractivity contribution is 0.0976. The van der Waals surface area contributed by atoms with Gasteiger partial charge >= 0.3 is 0 Å². The lowest BCUT2D eigenvalue weighted by atomic mass is 10.1. The van der Waals surface area contributed by atoms with Gasteiger partial charge in [0.25, 0.3) is 0 Å². The Morgan fingerprint density at radius 3 is 3.00 bits per heavy atom. The Kier molecular flexibility index (Phi) is 3.54. The molecule has 1 N–H and O–H groups in total. The van der Waals surface area contributed by atoms with Crippen LogP contribution in [0.25, 0.3) is 0 Å². The topological polar surface area (TPSA) is 64.9 Å². The number of aryl methyl sites for hydroxylation is 1. The molecule has 6 heteroatoms. The van der Waals surface area contributed by atoms with Crippen molar-refractivity contribution in [2.45, 2.75) is 50.8 Å². The van der Waals surface area contributed by atoms with Gasteiger partial charge in [0.1, 0.15) is 23.6 Å². The molecule has 2 aromatic heterocycles. The van der Waals surface area contributed by atoms with Crippen molar-refractivity contribution in [1.82, 2.24) is 19.5 Å². The molecule has 1 aliphatic carbocycles. The molecule has 2 aromatic rings. The molecule has 0 amide bonds. The van der Waals surface area contributed by atoms with Crippen LogP contribution in [0.15, 0.2) is 24.7 Å². The van der Waals surface area contributed by atoms with E-state index in [1.165, 1.54) is 12.8 Å². The van der Waals surface area contributed by atoms with Gasteiger partial charge < -0.3 is 14.6 Å². The molecule has 1 saturated carbocycles. The van der Waals surface area contributed by atoms with E-state index in [-0.39, 0.29) is 12.1 Å². The highest BCUT2D eigenvalue weighted by atomic mass is 16.5. The summed E-state index contributed by atoms with van der Waals surface area (Å²) in [5.41, 5.74) is 0. The highest BCUT2D eigenvalue weighted by Gasteiger charge is 2.33. The van der Waals surface area contributed by atoms with Crippen LogP contribution in [0.5, 0.6) is 0 Å². The molecule has 0 unspecified atom stereocenters. The van der Waals surface area contributed by atoms with Crippen LogP contribution >= 0.6 is 0 Å². The van der Waals surface area contributed by atoms with E-state index in [1.54, 1.807) is 0 Å². The van der Waals surface area contributed by atoms with E-state index in [0.717, 1.165) is 37.0 Å². The fourth-order valence-corrected chi connectivity index (χ4v) is 3.02. The summed E-state index contributed by atoms with van der Waals surface area (Å²) in [4.78, 5) is 13.5. The first-order valence-corrected chi connectivity index (χ1v) is 8.07. The zero-order valence-corrected chi connectivity index (χ0v) is 12.8. The lowest BCUT2D eigenvalue weighted by Gasteiger charge is -2.20. The first-order valence-electron chi connectivity index (χ1n) is 8.07. The van der Waals surface area contributed by atoms with E-state index in [4.69, 9.17) is 4.74 Å². The molecule has 2 fully saturated rings. The summed E-state index contributed by atoms with van der Waals surface area (Å²) in [7, 11) is 0.